The Morgan fingerprint density at radius 3 is 2.32 bits per heavy atom. The van der Waals surface area contributed by atoms with E-state index in [-0.39, 0.29) is 30.0 Å². The van der Waals surface area contributed by atoms with Crippen molar-refractivity contribution in [1.82, 2.24) is 10.2 Å². The summed E-state index contributed by atoms with van der Waals surface area (Å²) in [5, 5.41) is 2.90. The average Bonchev–Trinajstić information content (AvgIpc) is 2.73. The highest BCUT2D eigenvalue weighted by Crippen LogP contribution is 2.21. The fourth-order valence-electron chi connectivity index (χ4n) is 3.31. The lowest BCUT2D eigenvalue weighted by atomic mass is 9.97. The van der Waals surface area contributed by atoms with E-state index in [1.165, 1.54) is 12.1 Å². The van der Waals surface area contributed by atoms with E-state index in [0.717, 1.165) is 11.1 Å². The van der Waals surface area contributed by atoms with Crippen molar-refractivity contribution in [3.63, 3.8) is 0 Å². The first-order valence-corrected chi connectivity index (χ1v) is 9.51. The summed E-state index contributed by atoms with van der Waals surface area (Å²) in [4.78, 5) is 27.5. The molecule has 1 aliphatic heterocycles. The molecular formula is C22H25FN2O3. The normalized spacial score (nSPS) is 16.3. The third kappa shape index (κ3) is 5.16. The summed E-state index contributed by atoms with van der Waals surface area (Å²) in [6, 6.07) is 14.7. The van der Waals surface area contributed by atoms with Crippen LogP contribution in [-0.2, 0) is 14.3 Å². The highest BCUT2D eigenvalue weighted by Gasteiger charge is 2.29. The average molecular weight is 384 g/mol. The van der Waals surface area contributed by atoms with Crippen LogP contribution >= 0.6 is 0 Å². The van der Waals surface area contributed by atoms with Crippen molar-refractivity contribution in [3.8, 4) is 0 Å². The number of hydrogen-bond donors (Lipinski definition) is 1. The maximum Gasteiger partial charge on any atom is 0.249 e. The van der Waals surface area contributed by atoms with E-state index < -0.39 is 6.04 Å². The van der Waals surface area contributed by atoms with Crippen molar-refractivity contribution in [1.29, 1.82) is 0 Å². The summed E-state index contributed by atoms with van der Waals surface area (Å²) in [7, 11) is 0. The van der Waals surface area contributed by atoms with Crippen LogP contribution in [0.2, 0.25) is 0 Å². The molecule has 0 aliphatic carbocycles. The van der Waals surface area contributed by atoms with Gasteiger partial charge in [0.1, 0.15) is 11.9 Å². The van der Waals surface area contributed by atoms with Gasteiger partial charge in [-0.05, 0) is 29.2 Å². The number of benzene rings is 2. The highest BCUT2D eigenvalue weighted by atomic mass is 19.1. The number of hydrogen-bond acceptors (Lipinski definition) is 3. The van der Waals surface area contributed by atoms with Gasteiger partial charge in [0.05, 0.1) is 13.2 Å². The lowest BCUT2D eigenvalue weighted by Gasteiger charge is -2.31. The summed E-state index contributed by atoms with van der Waals surface area (Å²) in [5.74, 6) is -0.735. The summed E-state index contributed by atoms with van der Waals surface area (Å²) < 4.78 is 18.4. The van der Waals surface area contributed by atoms with Gasteiger partial charge < -0.3 is 15.0 Å². The van der Waals surface area contributed by atoms with E-state index >= 15 is 0 Å². The van der Waals surface area contributed by atoms with Gasteiger partial charge in [0, 0.05) is 19.5 Å². The van der Waals surface area contributed by atoms with Gasteiger partial charge in [-0.1, -0.05) is 49.4 Å². The fraction of sp³-hybridized carbons (Fsp3) is 0.364. The van der Waals surface area contributed by atoms with Gasteiger partial charge in [0.25, 0.3) is 0 Å². The van der Waals surface area contributed by atoms with E-state index in [1.54, 1.807) is 17.0 Å². The monoisotopic (exact) mass is 384 g/mol. The van der Waals surface area contributed by atoms with Crippen molar-refractivity contribution in [2.45, 2.75) is 25.3 Å². The molecule has 0 spiro atoms. The fourth-order valence-corrected chi connectivity index (χ4v) is 3.31. The Labute approximate surface area is 164 Å². The van der Waals surface area contributed by atoms with Gasteiger partial charge in [0.2, 0.25) is 11.8 Å². The van der Waals surface area contributed by atoms with Crippen LogP contribution in [-0.4, -0.2) is 43.0 Å². The molecule has 2 aromatic carbocycles. The number of morpholine rings is 1. The zero-order chi connectivity index (χ0) is 19.9. The molecule has 0 saturated carbocycles. The van der Waals surface area contributed by atoms with Gasteiger partial charge in [-0.25, -0.2) is 4.39 Å². The summed E-state index contributed by atoms with van der Waals surface area (Å²) in [6.45, 7) is 3.95. The lowest BCUT2D eigenvalue weighted by molar-refractivity contribution is -0.140. The summed E-state index contributed by atoms with van der Waals surface area (Å²) in [5.41, 5.74) is 1.63. The zero-order valence-corrected chi connectivity index (χ0v) is 15.9. The predicted molar refractivity (Wildman–Crippen MR) is 104 cm³/mol. The quantitative estimate of drug-likeness (QED) is 0.833. The molecule has 148 valence electrons. The molecule has 28 heavy (non-hydrogen) atoms. The maximum atomic E-state index is 13.1. The van der Waals surface area contributed by atoms with E-state index in [9.17, 15) is 14.0 Å². The van der Waals surface area contributed by atoms with Crippen LogP contribution in [0.25, 0.3) is 0 Å². The van der Waals surface area contributed by atoms with Gasteiger partial charge in [-0.2, -0.15) is 0 Å². The third-order valence-electron chi connectivity index (χ3n) is 4.94. The molecule has 1 N–H and O–H groups in total. The summed E-state index contributed by atoms with van der Waals surface area (Å²) in [6.07, 6.45) is 0.214. The molecule has 2 atom stereocenters. The second-order valence-electron chi connectivity index (χ2n) is 7.01. The molecule has 6 heteroatoms. The molecule has 0 aromatic heterocycles. The summed E-state index contributed by atoms with van der Waals surface area (Å²) >= 11 is 0. The minimum absolute atomic E-state index is 0.0875. The van der Waals surface area contributed by atoms with E-state index in [4.69, 9.17) is 4.74 Å². The minimum Gasteiger partial charge on any atom is -0.378 e. The van der Waals surface area contributed by atoms with E-state index in [1.807, 2.05) is 37.3 Å². The predicted octanol–water partition coefficient (Wildman–Crippen LogP) is 3.04. The van der Waals surface area contributed by atoms with Crippen LogP contribution < -0.4 is 5.32 Å². The zero-order valence-electron chi connectivity index (χ0n) is 15.9. The molecule has 0 radical (unpaired) electrons. The number of nitrogens with zero attached hydrogens (tertiary/aromatic N) is 1. The number of carbonyl (C=O) groups is 2. The Morgan fingerprint density at radius 2 is 1.68 bits per heavy atom. The van der Waals surface area contributed by atoms with Gasteiger partial charge in [-0.15, -0.1) is 0 Å². The van der Waals surface area contributed by atoms with E-state index in [2.05, 4.69) is 5.32 Å². The molecule has 1 aliphatic rings. The first-order chi connectivity index (χ1) is 13.5. The Balaban J connectivity index is 1.70. The topological polar surface area (TPSA) is 58.6 Å². The number of rotatable bonds is 6. The largest absolute Gasteiger partial charge is 0.378 e. The molecule has 1 heterocycles. The Hall–Kier alpha value is -2.73. The molecule has 1 fully saturated rings. The first kappa shape index (κ1) is 20.0. The van der Waals surface area contributed by atoms with Gasteiger partial charge in [-0.3, -0.25) is 9.59 Å². The van der Waals surface area contributed by atoms with Crippen molar-refractivity contribution < 1.29 is 18.7 Å². The molecule has 1 unspecified atom stereocenters. The number of ether oxygens (including phenoxy) is 1. The second kappa shape index (κ2) is 9.46. The second-order valence-corrected chi connectivity index (χ2v) is 7.01. The number of carbonyl (C=O) groups excluding carboxylic acids is 2. The standard InChI is InChI=1S/C22H25FN2O3/c1-16(17-7-9-19(23)10-8-17)15-20(26)24-21(18-5-3-2-4-6-18)22(27)25-11-13-28-14-12-25/h2-10,16,21H,11-15H2,1H3,(H,24,26)/t16?,21-/m0/s1. The van der Waals surface area contributed by atoms with Crippen molar-refractivity contribution in [3.05, 3.63) is 71.5 Å². The van der Waals surface area contributed by atoms with Crippen LogP contribution in [0.1, 0.15) is 36.4 Å². The third-order valence-corrected chi connectivity index (χ3v) is 4.94. The first-order valence-electron chi connectivity index (χ1n) is 9.51. The Morgan fingerprint density at radius 1 is 1.04 bits per heavy atom. The SMILES string of the molecule is CC(CC(=O)N[C@H](C(=O)N1CCOCC1)c1ccccc1)c1ccc(F)cc1. The minimum atomic E-state index is -0.729. The number of amides is 2. The maximum absolute atomic E-state index is 13.1. The van der Waals surface area contributed by atoms with Crippen LogP contribution in [0.4, 0.5) is 4.39 Å². The van der Waals surface area contributed by atoms with Crippen molar-refractivity contribution in [2.24, 2.45) is 0 Å². The van der Waals surface area contributed by atoms with Crippen molar-refractivity contribution in [2.75, 3.05) is 26.3 Å². The number of halogens is 1. The van der Waals surface area contributed by atoms with Gasteiger partial charge >= 0.3 is 0 Å². The molecule has 2 amide bonds. The molecule has 5 nitrogen and oxygen atoms in total. The molecule has 2 aromatic rings. The van der Waals surface area contributed by atoms with Gasteiger partial charge in [0.15, 0.2) is 0 Å². The lowest BCUT2D eigenvalue weighted by Crippen LogP contribution is -2.47. The molecular weight excluding hydrogens is 359 g/mol. The Kier molecular flexibility index (Phi) is 6.76. The molecule has 0 bridgehead atoms. The van der Waals surface area contributed by atoms with Crippen LogP contribution in [0.15, 0.2) is 54.6 Å². The highest BCUT2D eigenvalue weighted by molar-refractivity contribution is 5.89. The van der Waals surface area contributed by atoms with E-state index in [0.29, 0.717) is 26.3 Å². The smallest absolute Gasteiger partial charge is 0.249 e. The Bertz CT molecular complexity index is 789. The van der Waals surface area contributed by atoms with Crippen LogP contribution in [0.5, 0.6) is 0 Å². The van der Waals surface area contributed by atoms with Crippen molar-refractivity contribution >= 4 is 11.8 Å². The molecule has 1 saturated heterocycles. The number of nitrogens with one attached hydrogen (secondary N) is 1. The van der Waals surface area contributed by atoms with Crippen LogP contribution in [0, 0.1) is 5.82 Å². The molecule has 3 rings (SSSR count). The van der Waals surface area contributed by atoms with Crippen LogP contribution in [0.3, 0.4) is 0 Å².